The maximum atomic E-state index is 13.4. The highest BCUT2D eigenvalue weighted by Gasteiger charge is 2.22. The predicted molar refractivity (Wildman–Crippen MR) is 108 cm³/mol. The van der Waals surface area contributed by atoms with Gasteiger partial charge in [-0.05, 0) is 24.1 Å². The lowest BCUT2D eigenvalue weighted by Crippen LogP contribution is -2.46. The Morgan fingerprint density at radius 1 is 1.46 bits per heavy atom. The zero-order chi connectivity index (χ0) is 17.8. The molecule has 1 unspecified atom stereocenters. The van der Waals surface area contributed by atoms with E-state index in [4.69, 9.17) is 0 Å². The number of nitrogens with zero attached hydrogens (tertiary/aromatic N) is 4. The molecule has 142 valence electrons. The standard InChI is InChI=1S/C17H23FN6O.HI/c1-3-15-22-16-7-5-12(10-24(16)23-15)21-17(19-2)20-9-11-4-6-14(25)13(18)8-11;/h4,6,8,12,25H,3,5,7,9-10H2,1-2H3,(H2,19,20,21);1H. The molecular formula is C17H24FIN6O. The summed E-state index contributed by atoms with van der Waals surface area (Å²) in [5.74, 6) is 1.60. The van der Waals surface area contributed by atoms with Crippen molar-refractivity contribution in [3.8, 4) is 5.75 Å². The lowest BCUT2D eigenvalue weighted by molar-refractivity contribution is 0.392. The van der Waals surface area contributed by atoms with Crippen LogP contribution in [0.1, 0.15) is 30.6 Å². The SMILES string of the molecule is CCc1nc2n(n1)CC(NC(=NC)NCc1ccc(O)c(F)c1)CC2.I. The van der Waals surface area contributed by atoms with Crippen LogP contribution in [0.25, 0.3) is 0 Å². The van der Waals surface area contributed by atoms with Crippen LogP contribution in [0.15, 0.2) is 23.2 Å². The Morgan fingerprint density at radius 3 is 2.96 bits per heavy atom. The molecule has 0 bridgehead atoms. The van der Waals surface area contributed by atoms with Crippen molar-refractivity contribution in [2.45, 2.75) is 45.3 Å². The molecule has 0 radical (unpaired) electrons. The van der Waals surface area contributed by atoms with Crippen molar-refractivity contribution in [3.05, 3.63) is 41.2 Å². The minimum absolute atomic E-state index is 0. The van der Waals surface area contributed by atoms with Crippen LogP contribution in [0.3, 0.4) is 0 Å². The van der Waals surface area contributed by atoms with Gasteiger partial charge in [0, 0.05) is 32.5 Å². The number of halogens is 2. The first-order valence-electron chi connectivity index (χ1n) is 8.46. The van der Waals surface area contributed by atoms with E-state index in [0.29, 0.717) is 12.5 Å². The molecular weight excluding hydrogens is 450 g/mol. The largest absolute Gasteiger partial charge is 0.505 e. The minimum Gasteiger partial charge on any atom is -0.505 e. The molecule has 9 heteroatoms. The van der Waals surface area contributed by atoms with Gasteiger partial charge < -0.3 is 15.7 Å². The number of phenolic OH excluding ortho intramolecular Hbond substituents is 1. The molecule has 1 aromatic heterocycles. The number of hydrogen-bond donors (Lipinski definition) is 3. The van der Waals surface area contributed by atoms with Crippen LogP contribution in [0, 0.1) is 5.82 Å². The van der Waals surface area contributed by atoms with E-state index in [0.717, 1.165) is 43.0 Å². The third-order valence-electron chi connectivity index (χ3n) is 4.25. The molecule has 0 fully saturated rings. The molecule has 0 amide bonds. The number of guanidine groups is 1. The highest BCUT2D eigenvalue weighted by Crippen LogP contribution is 2.16. The van der Waals surface area contributed by atoms with E-state index in [-0.39, 0.29) is 35.8 Å². The lowest BCUT2D eigenvalue weighted by atomic mass is 10.1. The Kier molecular flexibility index (Phi) is 7.18. The van der Waals surface area contributed by atoms with Gasteiger partial charge in [0.2, 0.25) is 0 Å². The van der Waals surface area contributed by atoms with Crippen LogP contribution in [-0.4, -0.2) is 38.9 Å². The van der Waals surface area contributed by atoms with E-state index in [1.807, 2.05) is 4.68 Å². The van der Waals surface area contributed by atoms with Gasteiger partial charge in [0.1, 0.15) is 5.82 Å². The molecule has 2 heterocycles. The number of benzene rings is 1. The fraction of sp³-hybridized carbons (Fsp3) is 0.471. The number of nitrogens with one attached hydrogen (secondary N) is 2. The molecule has 0 spiro atoms. The Balaban J connectivity index is 0.00000243. The summed E-state index contributed by atoms with van der Waals surface area (Å²) >= 11 is 0. The van der Waals surface area contributed by atoms with Crippen LogP contribution in [0.4, 0.5) is 4.39 Å². The molecule has 26 heavy (non-hydrogen) atoms. The summed E-state index contributed by atoms with van der Waals surface area (Å²) in [6.45, 7) is 3.21. The molecule has 0 aliphatic carbocycles. The molecule has 1 aliphatic rings. The summed E-state index contributed by atoms with van der Waals surface area (Å²) in [5, 5.41) is 20.3. The minimum atomic E-state index is -0.625. The average Bonchev–Trinajstić information content (AvgIpc) is 3.03. The Bertz CT molecular complexity index is 779. The van der Waals surface area contributed by atoms with Crippen LogP contribution in [0.5, 0.6) is 5.75 Å². The highest BCUT2D eigenvalue weighted by atomic mass is 127. The zero-order valence-corrected chi connectivity index (χ0v) is 17.2. The quantitative estimate of drug-likeness (QED) is 0.359. The molecule has 0 saturated carbocycles. The smallest absolute Gasteiger partial charge is 0.191 e. The van der Waals surface area contributed by atoms with Gasteiger partial charge in [-0.15, -0.1) is 24.0 Å². The van der Waals surface area contributed by atoms with Crippen LogP contribution < -0.4 is 10.6 Å². The van der Waals surface area contributed by atoms with E-state index in [2.05, 4.69) is 32.6 Å². The van der Waals surface area contributed by atoms with Gasteiger partial charge in [0.25, 0.3) is 0 Å². The second kappa shape index (κ2) is 9.15. The predicted octanol–water partition coefficient (Wildman–Crippen LogP) is 1.98. The van der Waals surface area contributed by atoms with Gasteiger partial charge in [-0.3, -0.25) is 4.99 Å². The first-order chi connectivity index (χ1) is 12.1. The van der Waals surface area contributed by atoms with Crippen LogP contribution in [0.2, 0.25) is 0 Å². The maximum absolute atomic E-state index is 13.4. The third-order valence-corrected chi connectivity index (χ3v) is 4.25. The Hall–Kier alpha value is -1.91. The first kappa shape index (κ1) is 20.4. The highest BCUT2D eigenvalue weighted by molar-refractivity contribution is 14.0. The van der Waals surface area contributed by atoms with E-state index in [1.54, 1.807) is 13.1 Å². The molecule has 2 aromatic rings. The third kappa shape index (κ3) is 4.83. The number of aromatic hydroxyl groups is 1. The number of fused-ring (bicyclic) bond motifs is 1. The van der Waals surface area contributed by atoms with Crippen molar-refractivity contribution in [3.63, 3.8) is 0 Å². The summed E-state index contributed by atoms with van der Waals surface area (Å²) in [5.41, 5.74) is 0.730. The fourth-order valence-electron chi connectivity index (χ4n) is 2.86. The molecule has 1 atom stereocenters. The first-order valence-corrected chi connectivity index (χ1v) is 8.46. The van der Waals surface area contributed by atoms with Gasteiger partial charge in [-0.25, -0.2) is 14.1 Å². The van der Waals surface area contributed by atoms with Crippen molar-refractivity contribution >= 4 is 29.9 Å². The van der Waals surface area contributed by atoms with Gasteiger partial charge >= 0.3 is 0 Å². The second-order valence-electron chi connectivity index (χ2n) is 6.07. The number of aliphatic imine (C=N–C) groups is 1. The van der Waals surface area contributed by atoms with Gasteiger partial charge in [-0.2, -0.15) is 5.10 Å². The lowest BCUT2D eigenvalue weighted by Gasteiger charge is -2.25. The number of phenols is 1. The summed E-state index contributed by atoms with van der Waals surface area (Å²) in [6, 6.07) is 4.54. The summed E-state index contributed by atoms with van der Waals surface area (Å²) in [6.07, 6.45) is 2.67. The van der Waals surface area contributed by atoms with Crippen LogP contribution >= 0.6 is 24.0 Å². The van der Waals surface area contributed by atoms with Crippen LogP contribution in [-0.2, 0) is 25.9 Å². The van der Waals surface area contributed by atoms with Gasteiger partial charge in [0.05, 0.1) is 6.54 Å². The zero-order valence-electron chi connectivity index (χ0n) is 14.9. The molecule has 7 nitrogen and oxygen atoms in total. The second-order valence-corrected chi connectivity index (χ2v) is 6.07. The van der Waals surface area contributed by atoms with Crippen molar-refractivity contribution in [1.82, 2.24) is 25.4 Å². The van der Waals surface area contributed by atoms with E-state index in [9.17, 15) is 9.50 Å². The van der Waals surface area contributed by atoms with E-state index in [1.165, 1.54) is 12.1 Å². The molecule has 1 aromatic carbocycles. The Labute approximate surface area is 169 Å². The molecule has 3 rings (SSSR count). The topological polar surface area (TPSA) is 87.4 Å². The summed E-state index contributed by atoms with van der Waals surface area (Å²) in [4.78, 5) is 8.74. The summed E-state index contributed by atoms with van der Waals surface area (Å²) in [7, 11) is 1.70. The Morgan fingerprint density at radius 2 is 2.27 bits per heavy atom. The fourth-order valence-corrected chi connectivity index (χ4v) is 2.86. The normalized spacial score (nSPS) is 16.6. The number of rotatable bonds is 4. The van der Waals surface area contributed by atoms with Gasteiger partial charge in [-0.1, -0.05) is 13.0 Å². The van der Waals surface area contributed by atoms with Gasteiger partial charge in [0.15, 0.2) is 23.4 Å². The van der Waals surface area contributed by atoms with Crippen molar-refractivity contribution in [2.75, 3.05) is 7.05 Å². The van der Waals surface area contributed by atoms with E-state index < -0.39 is 5.82 Å². The molecule has 3 N–H and O–H groups in total. The van der Waals surface area contributed by atoms with Crippen molar-refractivity contribution in [1.29, 1.82) is 0 Å². The monoisotopic (exact) mass is 474 g/mol. The molecule has 1 aliphatic heterocycles. The molecule has 0 saturated heterocycles. The summed E-state index contributed by atoms with van der Waals surface area (Å²) < 4.78 is 15.4. The number of aromatic nitrogens is 3. The number of aryl methyl sites for hydroxylation is 2. The van der Waals surface area contributed by atoms with Crippen molar-refractivity contribution < 1.29 is 9.50 Å². The maximum Gasteiger partial charge on any atom is 0.191 e. The number of hydrogen-bond acceptors (Lipinski definition) is 4. The van der Waals surface area contributed by atoms with E-state index >= 15 is 0 Å². The average molecular weight is 474 g/mol. The van der Waals surface area contributed by atoms with Crippen molar-refractivity contribution in [2.24, 2.45) is 4.99 Å².